The van der Waals surface area contributed by atoms with Crippen LogP contribution in [0.15, 0.2) is 4.79 Å². The Morgan fingerprint density at radius 3 is 2.89 bits per heavy atom. The summed E-state index contributed by atoms with van der Waals surface area (Å²) in [6.45, 7) is 4.53. The Labute approximate surface area is 119 Å². The molecule has 3 unspecified atom stereocenters. The molecule has 98 valence electrons. The van der Waals surface area contributed by atoms with E-state index in [1.54, 1.807) is 11.8 Å². The van der Waals surface area contributed by atoms with Crippen LogP contribution in [0.5, 0.6) is 0 Å². The molecule has 1 fully saturated rings. The molecule has 1 aromatic heterocycles. The van der Waals surface area contributed by atoms with Gasteiger partial charge in [-0.25, -0.2) is 4.98 Å². The first-order valence-electron chi connectivity index (χ1n) is 6.12. The normalized spacial score (nSPS) is 31.3. The van der Waals surface area contributed by atoms with Gasteiger partial charge < -0.3 is 4.98 Å². The Kier molecular flexibility index (Phi) is 3.69. The summed E-state index contributed by atoms with van der Waals surface area (Å²) < 4.78 is 0. The molecule has 3 atom stereocenters. The number of H-pyrrole nitrogens is 1. The number of aromatic amines is 1. The number of nitrogens with one attached hydrogen (secondary N) is 1. The molecular weight excluding hydrogens is 284 g/mol. The first-order chi connectivity index (χ1) is 8.65. The SMILES string of the molecule is CC1SCC(c2nc3c(c(=O)[nH]2)CSC3)SC1C. The van der Waals surface area contributed by atoms with Crippen LogP contribution in [0.4, 0.5) is 0 Å². The van der Waals surface area contributed by atoms with Crippen LogP contribution in [-0.2, 0) is 11.5 Å². The zero-order chi connectivity index (χ0) is 12.7. The van der Waals surface area contributed by atoms with Crippen LogP contribution in [0, 0.1) is 0 Å². The summed E-state index contributed by atoms with van der Waals surface area (Å²) in [7, 11) is 0. The average Bonchev–Trinajstić information content (AvgIpc) is 2.81. The van der Waals surface area contributed by atoms with Crippen LogP contribution in [-0.4, -0.2) is 26.2 Å². The number of hydrogen-bond donors (Lipinski definition) is 1. The van der Waals surface area contributed by atoms with Crippen LogP contribution in [0.25, 0.3) is 0 Å². The number of fused-ring (bicyclic) bond motifs is 1. The third-order valence-electron chi connectivity index (χ3n) is 3.46. The fraction of sp³-hybridized carbons (Fsp3) is 0.667. The average molecular weight is 300 g/mol. The lowest BCUT2D eigenvalue weighted by Crippen LogP contribution is -2.25. The Hall–Kier alpha value is -0.0700. The lowest BCUT2D eigenvalue weighted by atomic mass is 10.2. The Balaban J connectivity index is 1.89. The summed E-state index contributed by atoms with van der Waals surface area (Å²) in [5.74, 6) is 3.64. The number of rotatable bonds is 1. The molecule has 0 saturated carbocycles. The predicted molar refractivity (Wildman–Crippen MR) is 81.6 cm³/mol. The lowest BCUT2D eigenvalue weighted by Gasteiger charge is -2.30. The van der Waals surface area contributed by atoms with Crippen molar-refractivity contribution >= 4 is 35.3 Å². The van der Waals surface area contributed by atoms with Crippen molar-refractivity contribution in [2.75, 3.05) is 5.75 Å². The molecule has 1 N–H and O–H groups in total. The molecule has 0 amide bonds. The molecule has 3 rings (SSSR count). The third kappa shape index (κ3) is 2.34. The molecule has 0 spiro atoms. The fourth-order valence-electron chi connectivity index (χ4n) is 2.16. The van der Waals surface area contributed by atoms with Gasteiger partial charge in [0.2, 0.25) is 0 Å². The molecule has 3 heterocycles. The maximum Gasteiger partial charge on any atom is 0.255 e. The fourth-order valence-corrected chi connectivity index (χ4v) is 6.06. The van der Waals surface area contributed by atoms with E-state index in [2.05, 4.69) is 23.8 Å². The molecule has 6 heteroatoms. The molecule has 18 heavy (non-hydrogen) atoms. The largest absolute Gasteiger partial charge is 0.309 e. The van der Waals surface area contributed by atoms with E-state index in [0.29, 0.717) is 15.7 Å². The van der Waals surface area contributed by atoms with Crippen LogP contribution in [0.1, 0.15) is 36.2 Å². The van der Waals surface area contributed by atoms with Crippen molar-refractivity contribution in [3.05, 3.63) is 27.4 Å². The van der Waals surface area contributed by atoms with Crippen LogP contribution in [0.2, 0.25) is 0 Å². The minimum absolute atomic E-state index is 0.0804. The Bertz CT molecular complexity index is 517. The van der Waals surface area contributed by atoms with Gasteiger partial charge >= 0.3 is 0 Å². The van der Waals surface area contributed by atoms with E-state index in [4.69, 9.17) is 0 Å². The Morgan fingerprint density at radius 1 is 1.28 bits per heavy atom. The summed E-state index contributed by atoms with van der Waals surface area (Å²) in [6, 6.07) is 0. The highest BCUT2D eigenvalue weighted by molar-refractivity contribution is 8.07. The van der Waals surface area contributed by atoms with Crippen molar-refractivity contribution in [1.29, 1.82) is 0 Å². The van der Waals surface area contributed by atoms with Crippen LogP contribution < -0.4 is 5.56 Å². The van der Waals surface area contributed by atoms with Gasteiger partial charge in [-0.3, -0.25) is 4.79 Å². The molecule has 1 aromatic rings. The van der Waals surface area contributed by atoms with Gasteiger partial charge in [-0.05, 0) is 0 Å². The second kappa shape index (κ2) is 5.13. The van der Waals surface area contributed by atoms with Crippen LogP contribution >= 0.6 is 35.3 Å². The first kappa shape index (κ1) is 12.9. The van der Waals surface area contributed by atoms with E-state index in [0.717, 1.165) is 34.3 Å². The van der Waals surface area contributed by atoms with Gasteiger partial charge in [0, 0.05) is 33.3 Å². The highest BCUT2D eigenvalue weighted by atomic mass is 32.2. The van der Waals surface area contributed by atoms with Gasteiger partial charge in [-0.2, -0.15) is 23.5 Å². The second-order valence-electron chi connectivity index (χ2n) is 4.74. The van der Waals surface area contributed by atoms with Crippen molar-refractivity contribution in [2.24, 2.45) is 0 Å². The number of aromatic nitrogens is 2. The van der Waals surface area contributed by atoms with Crippen molar-refractivity contribution < 1.29 is 0 Å². The highest BCUT2D eigenvalue weighted by Crippen LogP contribution is 2.43. The molecule has 3 nitrogen and oxygen atoms in total. The summed E-state index contributed by atoms with van der Waals surface area (Å²) in [4.78, 5) is 19.7. The molecule has 0 aromatic carbocycles. The summed E-state index contributed by atoms with van der Waals surface area (Å²) in [6.07, 6.45) is 0. The van der Waals surface area contributed by atoms with E-state index in [1.165, 1.54) is 0 Å². The summed E-state index contributed by atoms with van der Waals surface area (Å²) in [5.41, 5.74) is 1.98. The third-order valence-corrected chi connectivity index (χ3v) is 7.83. The van der Waals surface area contributed by atoms with Gasteiger partial charge in [-0.1, -0.05) is 13.8 Å². The van der Waals surface area contributed by atoms with Crippen molar-refractivity contribution in [1.82, 2.24) is 9.97 Å². The monoisotopic (exact) mass is 300 g/mol. The maximum atomic E-state index is 12.0. The van der Waals surface area contributed by atoms with E-state index >= 15 is 0 Å². The van der Waals surface area contributed by atoms with Crippen LogP contribution in [0.3, 0.4) is 0 Å². The first-order valence-corrected chi connectivity index (χ1v) is 9.26. The van der Waals surface area contributed by atoms with Crippen molar-refractivity contribution in [3.63, 3.8) is 0 Å². The molecule has 2 aliphatic heterocycles. The number of hydrogen-bond acceptors (Lipinski definition) is 5. The minimum Gasteiger partial charge on any atom is -0.309 e. The minimum atomic E-state index is 0.0804. The van der Waals surface area contributed by atoms with Gasteiger partial charge in [0.25, 0.3) is 5.56 Å². The molecule has 0 aliphatic carbocycles. The molecule has 0 bridgehead atoms. The van der Waals surface area contributed by atoms with Crippen molar-refractivity contribution in [3.8, 4) is 0 Å². The zero-order valence-corrected chi connectivity index (χ0v) is 12.9. The Morgan fingerprint density at radius 2 is 2.11 bits per heavy atom. The van der Waals surface area contributed by atoms with E-state index < -0.39 is 0 Å². The van der Waals surface area contributed by atoms with Gasteiger partial charge in [0.05, 0.1) is 10.9 Å². The molecule has 0 radical (unpaired) electrons. The van der Waals surface area contributed by atoms with Crippen molar-refractivity contribution in [2.45, 2.75) is 41.1 Å². The highest BCUT2D eigenvalue weighted by Gasteiger charge is 2.29. The van der Waals surface area contributed by atoms with Gasteiger partial charge in [-0.15, -0.1) is 11.8 Å². The van der Waals surface area contributed by atoms with Gasteiger partial charge in [0.15, 0.2) is 0 Å². The lowest BCUT2D eigenvalue weighted by molar-refractivity contribution is 0.837. The summed E-state index contributed by atoms with van der Waals surface area (Å²) >= 11 is 5.70. The van der Waals surface area contributed by atoms with Gasteiger partial charge in [0.1, 0.15) is 5.82 Å². The molecule has 1 saturated heterocycles. The smallest absolute Gasteiger partial charge is 0.255 e. The molecule has 2 aliphatic rings. The zero-order valence-electron chi connectivity index (χ0n) is 10.4. The quantitative estimate of drug-likeness (QED) is 0.864. The standard InChI is InChI=1S/C12H16N2OS3/c1-6-7(2)18-10(5-17-6)11-13-9-4-16-3-8(9)12(15)14-11/h6-7,10H,3-5H2,1-2H3,(H,13,14,15). The predicted octanol–water partition coefficient (Wildman–Crippen LogP) is 2.81. The summed E-state index contributed by atoms with van der Waals surface area (Å²) in [5, 5.41) is 1.63. The number of thioether (sulfide) groups is 3. The number of nitrogens with zero attached hydrogens (tertiary/aromatic N) is 1. The van der Waals surface area contributed by atoms with E-state index in [-0.39, 0.29) is 5.56 Å². The van der Waals surface area contributed by atoms with E-state index in [9.17, 15) is 4.79 Å². The van der Waals surface area contributed by atoms with E-state index in [1.807, 2.05) is 23.5 Å². The molecular formula is C12H16N2OS3. The maximum absolute atomic E-state index is 12.0. The second-order valence-corrected chi connectivity index (χ2v) is 8.72. The topological polar surface area (TPSA) is 45.8 Å².